The second-order valence-corrected chi connectivity index (χ2v) is 6.02. The van der Waals surface area contributed by atoms with Crippen LogP contribution in [0.3, 0.4) is 0 Å². The molecule has 0 saturated carbocycles. The van der Waals surface area contributed by atoms with Gasteiger partial charge in [-0.3, -0.25) is 4.79 Å². The lowest BCUT2D eigenvalue weighted by molar-refractivity contribution is 0.0696. The monoisotopic (exact) mass is 362 g/mol. The number of carbonyl (C=O) groups excluding carboxylic acids is 1. The van der Waals surface area contributed by atoms with Crippen molar-refractivity contribution < 1.29 is 14.7 Å². The zero-order valence-corrected chi connectivity index (χ0v) is 14.9. The number of nitrogens with zero attached hydrogens (tertiary/aromatic N) is 2. The van der Waals surface area contributed by atoms with Crippen molar-refractivity contribution in [3.05, 3.63) is 77.1 Å². The third kappa shape index (κ3) is 4.66. The smallest absolute Gasteiger partial charge is 0.335 e. The Balaban J connectivity index is 1.74. The number of rotatable bonds is 5. The van der Waals surface area contributed by atoms with E-state index in [2.05, 4.69) is 20.6 Å². The van der Waals surface area contributed by atoms with Crippen LogP contribution >= 0.6 is 0 Å². The number of aromatic nitrogens is 2. The molecular weight excluding hydrogens is 344 g/mol. The van der Waals surface area contributed by atoms with E-state index in [0.29, 0.717) is 22.9 Å². The number of anilines is 3. The predicted molar refractivity (Wildman–Crippen MR) is 103 cm³/mol. The van der Waals surface area contributed by atoms with E-state index in [1.54, 1.807) is 30.3 Å². The third-order valence-corrected chi connectivity index (χ3v) is 3.75. The normalized spacial score (nSPS) is 10.3. The zero-order chi connectivity index (χ0) is 19.4. The van der Waals surface area contributed by atoms with E-state index in [-0.39, 0.29) is 11.5 Å². The molecule has 1 aromatic heterocycles. The van der Waals surface area contributed by atoms with E-state index in [9.17, 15) is 9.59 Å². The fourth-order valence-electron chi connectivity index (χ4n) is 2.55. The van der Waals surface area contributed by atoms with Crippen molar-refractivity contribution >= 4 is 29.2 Å². The number of hydrogen-bond donors (Lipinski definition) is 3. The molecule has 0 saturated heterocycles. The van der Waals surface area contributed by atoms with Crippen molar-refractivity contribution in [2.75, 3.05) is 10.6 Å². The van der Waals surface area contributed by atoms with Gasteiger partial charge in [-0.1, -0.05) is 6.07 Å². The Morgan fingerprint density at radius 2 is 1.52 bits per heavy atom. The molecular formula is C20H18N4O3. The highest BCUT2D eigenvalue weighted by Gasteiger charge is 2.09. The van der Waals surface area contributed by atoms with Gasteiger partial charge in [-0.05, 0) is 62.4 Å². The fraction of sp³-hybridized carbons (Fsp3) is 0.100. The number of benzene rings is 2. The lowest BCUT2D eigenvalue weighted by Gasteiger charge is -2.09. The first-order valence-corrected chi connectivity index (χ1v) is 8.25. The predicted octanol–water partition coefficient (Wildman–Crippen LogP) is 3.79. The van der Waals surface area contributed by atoms with Gasteiger partial charge in [-0.15, -0.1) is 0 Å². The van der Waals surface area contributed by atoms with Crippen LogP contribution in [0.4, 0.5) is 17.3 Å². The number of aryl methyl sites for hydroxylation is 2. The number of aromatic carboxylic acids is 1. The summed E-state index contributed by atoms with van der Waals surface area (Å²) in [6, 6.07) is 14.8. The van der Waals surface area contributed by atoms with Crippen molar-refractivity contribution in [2.45, 2.75) is 13.8 Å². The number of amides is 1. The van der Waals surface area contributed by atoms with Crippen LogP contribution in [0.15, 0.2) is 54.6 Å². The molecule has 3 rings (SSSR count). The van der Waals surface area contributed by atoms with Crippen LogP contribution in [0.2, 0.25) is 0 Å². The summed E-state index contributed by atoms with van der Waals surface area (Å²) >= 11 is 0. The minimum absolute atomic E-state index is 0.160. The lowest BCUT2D eigenvalue weighted by atomic mass is 10.1. The highest BCUT2D eigenvalue weighted by Crippen LogP contribution is 2.17. The summed E-state index contributed by atoms with van der Waals surface area (Å²) in [5.74, 6) is -0.849. The minimum Gasteiger partial charge on any atom is -0.478 e. The summed E-state index contributed by atoms with van der Waals surface area (Å²) in [6.45, 7) is 3.78. The molecule has 0 aliphatic rings. The van der Waals surface area contributed by atoms with Gasteiger partial charge in [0.25, 0.3) is 5.91 Å². The molecule has 0 aliphatic carbocycles. The molecule has 136 valence electrons. The van der Waals surface area contributed by atoms with E-state index < -0.39 is 5.97 Å². The number of nitrogens with one attached hydrogen (secondary N) is 2. The topological polar surface area (TPSA) is 104 Å². The van der Waals surface area contributed by atoms with Gasteiger partial charge in [-0.25, -0.2) is 14.8 Å². The van der Waals surface area contributed by atoms with Gasteiger partial charge in [0.05, 0.1) is 5.56 Å². The Kier molecular flexibility index (Phi) is 5.12. The van der Waals surface area contributed by atoms with Gasteiger partial charge in [0.1, 0.15) is 0 Å². The van der Waals surface area contributed by atoms with Crippen LogP contribution in [0.5, 0.6) is 0 Å². The summed E-state index contributed by atoms with van der Waals surface area (Å²) in [4.78, 5) is 32.0. The van der Waals surface area contributed by atoms with Gasteiger partial charge >= 0.3 is 5.97 Å². The van der Waals surface area contributed by atoms with Gasteiger partial charge in [0, 0.05) is 28.3 Å². The summed E-state index contributed by atoms with van der Waals surface area (Å²) in [5.41, 5.74) is 3.52. The number of carbonyl (C=O) groups is 2. The van der Waals surface area contributed by atoms with Crippen molar-refractivity contribution in [3.63, 3.8) is 0 Å². The zero-order valence-electron chi connectivity index (χ0n) is 14.9. The first kappa shape index (κ1) is 18.1. The molecule has 0 fully saturated rings. The molecule has 7 nitrogen and oxygen atoms in total. The number of carboxylic acids is 1. The highest BCUT2D eigenvalue weighted by molar-refractivity contribution is 6.05. The Morgan fingerprint density at radius 3 is 2.15 bits per heavy atom. The standard InChI is InChI=1S/C20H18N4O3/c1-12-10-13(2)22-20(21-12)24-17-5-3-4-15(11-17)18(25)23-16-8-6-14(7-9-16)19(26)27/h3-11H,1-2H3,(H,23,25)(H,26,27)(H,21,22,24). The fourth-order valence-corrected chi connectivity index (χ4v) is 2.55. The van der Waals surface area contributed by atoms with Crippen molar-refractivity contribution in [3.8, 4) is 0 Å². The maximum atomic E-state index is 12.5. The number of hydrogen-bond acceptors (Lipinski definition) is 5. The molecule has 0 aliphatic heterocycles. The van der Waals surface area contributed by atoms with Crippen LogP contribution in [-0.2, 0) is 0 Å². The summed E-state index contributed by atoms with van der Waals surface area (Å²) < 4.78 is 0. The molecule has 1 amide bonds. The minimum atomic E-state index is -1.01. The van der Waals surface area contributed by atoms with Gasteiger partial charge < -0.3 is 15.7 Å². The maximum absolute atomic E-state index is 12.5. The van der Waals surface area contributed by atoms with E-state index >= 15 is 0 Å². The van der Waals surface area contributed by atoms with Crippen LogP contribution < -0.4 is 10.6 Å². The van der Waals surface area contributed by atoms with Gasteiger partial charge in [-0.2, -0.15) is 0 Å². The van der Waals surface area contributed by atoms with Crippen molar-refractivity contribution in [1.82, 2.24) is 9.97 Å². The molecule has 0 spiro atoms. The van der Waals surface area contributed by atoms with Crippen molar-refractivity contribution in [2.24, 2.45) is 0 Å². The van der Waals surface area contributed by atoms with E-state index in [1.165, 1.54) is 12.1 Å². The average Bonchev–Trinajstić information content (AvgIpc) is 2.61. The molecule has 3 N–H and O–H groups in total. The Bertz CT molecular complexity index is 980. The average molecular weight is 362 g/mol. The van der Waals surface area contributed by atoms with Crippen LogP contribution in [-0.4, -0.2) is 27.0 Å². The Morgan fingerprint density at radius 1 is 0.852 bits per heavy atom. The second-order valence-electron chi connectivity index (χ2n) is 6.02. The molecule has 1 heterocycles. The first-order valence-electron chi connectivity index (χ1n) is 8.25. The molecule has 7 heteroatoms. The Labute approximate surface area is 156 Å². The Hall–Kier alpha value is -3.74. The van der Waals surface area contributed by atoms with Crippen LogP contribution in [0.25, 0.3) is 0 Å². The second kappa shape index (κ2) is 7.65. The van der Waals surface area contributed by atoms with Crippen molar-refractivity contribution in [1.29, 1.82) is 0 Å². The van der Waals surface area contributed by atoms with E-state index in [1.807, 2.05) is 26.0 Å². The van der Waals surface area contributed by atoms with E-state index in [4.69, 9.17) is 5.11 Å². The lowest BCUT2D eigenvalue weighted by Crippen LogP contribution is -2.12. The summed E-state index contributed by atoms with van der Waals surface area (Å²) in [6.07, 6.45) is 0. The SMILES string of the molecule is Cc1cc(C)nc(Nc2cccc(C(=O)Nc3ccc(C(=O)O)cc3)c2)n1. The molecule has 2 aromatic carbocycles. The maximum Gasteiger partial charge on any atom is 0.335 e. The molecule has 0 unspecified atom stereocenters. The summed E-state index contributed by atoms with van der Waals surface area (Å²) in [7, 11) is 0. The van der Waals surface area contributed by atoms with Gasteiger partial charge in [0.15, 0.2) is 0 Å². The first-order chi connectivity index (χ1) is 12.9. The largest absolute Gasteiger partial charge is 0.478 e. The molecule has 0 bridgehead atoms. The third-order valence-electron chi connectivity index (χ3n) is 3.75. The molecule has 0 atom stereocenters. The molecule has 27 heavy (non-hydrogen) atoms. The van der Waals surface area contributed by atoms with Crippen LogP contribution in [0.1, 0.15) is 32.1 Å². The number of carboxylic acid groups (broad SMARTS) is 1. The van der Waals surface area contributed by atoms with Gasteiger partial charge in [0.2, 0.25) is 5.95 Å². The van der Waals surface area contributed by atoms with Crippen LogP contribution in [0, 0.1) is 13.8 Å². The molecule has 0 radical (unpaired) electrons. The van der Waals surface area contributed by atoms with E-state index in [0.717, 1.165) is 11.4 Å². The quantitative estimate of drug-likeness (QED) is 0.638. The summed E-state index contributed by atoms with van der Waals surface area (Å²) in [5, 5.41) is 14.8. The highest BCUT2D eigenvalue weighted by atomic mass is 16.4. The molecule has 3 aromatic rings.